The maximum atomic E-state index is 13.5. The third-order valence-electron chi connectivity index (χ3n) is 2.09. The van der Waals surface area contributed by atoms with E-state index in [1.807, 2.05) is 0 Å². The van der Waals surface area contributed by atoms with Crippen molar-refractivity contribution in [1.82, 2.24) is 0 Å². The molecule has 1 aromatic carbocycles. The number of methoxy groups -OCH3 is 1. The number of hydrogen-bond donors (Lipinski definition) is 0. The van der Waals surface area contributed by atoms with Crippen molar-refractivity contribution in [1.29, 1.82) is 0 Å². The zero-order valence-electron chi connectivity index (χ0n) is 8.39. The minimum absolute atomic E-state index is 0.0957. The van der Waals surface area contributed by atoms with Crippen LogP contribution in [-0.4, -0.2) is 7.11 Å². The quantitative estimate of drug-likeness (QED) is 0.742. The number of rotatable bonds is 4. The van der Waals surface area contributed by atoms with Crippen LogP contribution in [0.2, 0.25) is 0 Å². The van der Waals surface area contributed by atoms with Gasteiger partial charge >= 0.3 is 0 Å². The molecular formula is C11H14BrFO. The molecule has 0 aliphatic rings. The molecule has 0 amide bonds. The lowest BCUT2D eigenvalue weighted by Crippen LogP contribution is -1.95. The summed E-state index contributed by atoms with van der Waals surface area (Å²) in [7, 11) is 1.53. The van der Waals surface area contributed by atoms with Crippen LogP contribution in [0, 0.1) is 5.82 Å². The molecule has 0 N–H and O–H groups in total. The zero-order valence-corrected chi connectivity index (χ0v) is 9.97. The molecule has 1 unspecified atom stereocenters. The van der Waals surface area contributed by atoms with Crippen molar-refractivity contribution >= 4 is 15.9 Å². The van der Waals surface area contributed by atoms with E-state index in [2.05, 4.69) is 22.9 Å². The highest BCUT2D eigenvalue weighted by atomic mass is 79.9. The fourth-order valence-corrected chi connectivity index (χ4v) is 2.13. The standard InChI is InChI=1S/C11H14BrFO/c1-3-4-10(12)9-6-5-8(14-2)7-11(9)13/h5-7,10H,3-4H2,1-2H3. The predicted molar refractivity (Wildman–Crippen MR) is 59.5 cm³/mol. The molecule has 0 heterocycles. The molecule has 0 saturated heterocycles. The fraction of sp³-hybridized carbons (Fsp3) is 0.455. The molecule has 0 spiro atoms. The summed E-state index contributed by atoms with van der Waals surface area (Å²) >= 11 is 3.46. The maximum absolute atomic E-state index is 13.5. The minimum atomic E-state index is -0.209. The van der Waals surface area contributed by atoms with E-state index < -0.39 is 0 Å². The van der Waals surface area contributed by atoms with Crippen LogP contribution in [0.1, 0.15) is 30.2 Å². The molecule has 0 radical (unpaired) electrons. The second-order valence-electron chi connectivity index (χ2n) is 3.14. The van der Waals surface area contributed by atoms with E-state index in [4.69, 9.17) is 4.74 Å². The van der Waals surface area contributed by atoms with Gasteiger partial charge in [0.15, 0.2) is 0 Å². The topological polar surface area (TPSA) is 9.23 Å². The second kappa shape index (κ2) is 5.35. The molecule has 14 heavy (non-hydrogen) atoms. The highest BCUT2D eigenvalue weighted by Gasteiger charge is 2.12. The van der Waals surface area contributed by atoms with Crippen LogP contribution in [0.3, 0.4) is 0 Å². The van der Waals surface area contributed by atoms with Gasteiger partial charge < -0.3 is 4.74 Å². The Morgan fingerprint density at radius 3 is 2.71 bits per heavy atom. The van der Waals surface area contributed by atoms with Gasteiger partial charge in [-0.25, -0.2) is 4.39 Å². The molecule has 78 valence electrons. The van der Waals surface area contributed by atoms with Gasteiger partial charge in [0, 0.05) is 16.5 Å². The summed E-state index contributed by atoms with van der Waals surface area (Å²) in [5.74, 6) is 0.349. The largest absolute Gasteiger partial charge is 0.497 e. The number of halogens is 2. The lowest BCUT2D eigenvalue weighted by atomic mass is 10.1. The Morgan fingerprint density at radius 1 is 1.50 bits per heavy atom. The highest BCUT2D eigenvalue weighted by Crippen LogP contribution is 2.31. The van der Waals surface area contributed by atoms with Gasteiger partial charge in [0.1, 0.15) is 11.6 Å². The number of hydrogen-bond acceptors (Lipinski definition) is 1. The Morgan fingerprint density at radius 2 is 2.21 bits per heavy atom. The molecule has 0 bridgehead atoms. The van der Waals surface area contributed by atoms with Gasteiger partial charge in [-0.05, 0) is 12.5 Å². The Balaban J connectivity index is 2.88. The molecule has 1 nitrogen and oxygen atoms in total. The summed E-state index contributed by atoms with van der Waals surface area (Å²) in [6.07, 6.45) is 1.96. The molecule has 1 aromatic rings. The molecule has 1 rings (SSSR count). The lowest BCUT2D eigenvalue weighted by Gasteiger charge is -2.10. The van der Waals surface area contributed by atoms with E-state index in [9.17, 15) is 4.39 Å². The first-order chi connectivity index (χ1) is 6.69. The van der Waals surface area contributed by atoms with Gasteiger partial charge in [-0.2, -0.15) is 0 Å². The molecule has 0 aromatic heterocycles. The molecule has 1 atom stereocenters. The van der Waals surface area contributed by atoms with E-state index in [-0.39, 0.29) is 10.6 Å². The van der Waals surface area contributed by atoms with E-state index in [1.54, 1.807) is 12.1 Å². The highest BCUT2D eigenvalue weighted by molar-refractivity contribution is 9.09. The first-order valence-electron chi connectivity index (χ1n) is 4.66. The van der Waals surface area contributed by atoms with Crippen LogP contribution in [0.4, 0.5) is 4.39 Å². The number of alkyl halides is 1. The Bertz CT molecular complexity index is 301. The summed E-state index contributed by atoms with van der Waals surface area (Å²) in [6, 6.07) is 4.96. The monoisotopic (exact) mass is 260 g/mol. The van der Waals surface area contributed by atoms with Crippen molar-refractivity contribution < 1.29 is 9.13 Å². The summed E-state index contributed by atoms with van der Waals surface area (Å²) in [4.78, 5) is 0.0957. The molecular weight excluding hydrogens is 247 g/mol. The molecule has 0 fully saturated rings. The van der Waals surface area contributed by atoms with Gasteiger partial charge in [-0.1, -0.05) is 35.3 Å². The van der Waals surface area contributed by atoms with Crippen molar-refractivity contribution in [2.45, 2.75) is 24.6 Å². The third-order valence-corrected chi connectivity index (χ3v) is 3.04. The van der Waals surface area contributed by atoms with Gasteiger partial charge in [0.25, 0.3) is 0 Å². The Hall–Kier alpha value is -0.570. The van der Waals surface area contributed by atoms with Gasteiger partial charge in [0.05, 0.1) is 7.11 Å². The van der Waals surface area contributed by atoms with Crippen LogP contribution in [-0.2, 0) is 0 Å². The van der Waals surface area contributed by atoms with Crippen LogP contribution in [0.25, 0.3) is 0 Å². The van der Waals surface area contributed by atoms with Gasteiger partial charge in [0.2, 0.25) is 0 Å². The summed E-state index contributed by atoms with van der Waals surface area (Å²) in [5.41, 5.74) is 0.702. The third kappa shape index (κ3) is 2.71. The lowest BCUT2D eigenvalue weighted by molar-refractivity contribution is 0.410. The average molecular weight is 261 g/mol. The van der Waals surface area contributed by atoms with Crippen LogP contribution < -0.4 is 4.74 Å². The van der Waals surface area contributed by atoms with E-state index in [0.717, 1.165) is 12.8 Å². The van der Waals surface area contributed by atoms with Gasteiger partial charge in [-0.15, -0.1) is 0 Å². The zero-order chi connectivity index (χ0) is 10.6. The SMILES string of the molecule is CCCC(Br)c1ccc(OC)cc1F. The second-order valence-corrected chi connectivity index (χ2v) is 4.25. The van der Waals surface area contributed by atoms with Crippen LogP contribution in [0.15, 0.2) is 18.2 Å². The maximum Gasteiger partial charge on any atom is 0.131 e. The van der Waals surface area contributed by atoms with Crippen molar-refractivity contribution in [3.05, 3.63) is 29.6 Å². The molecule has 0 saturated carbocycles. The summed E-state index contributed by atoms with van der Waals surface area (Å²) in [5, 5.41) is 0. The number of ether oxygens (including phenoxy) is 1. The average Bonchev–Trinajstić information content (AvgIpc) is 2.17. The Kier molecular flexibility index (Phi) is 4.39. The molecule has 0 aliphatic heterocycles. The van der Waals surface area contributed by atoms with Crippen molar-refractivity contribution in [2.24, 2.45) is 0 Å². The van der Waals surface area contributed by atoms with E-state index >= 15 is 0 Å². The summed E-state index contributed by atoms with van der Waals surface area (Å²) in [6.45, 7) is 2.08. The molecule has 0 aliphatic carbocycles. The van der Waals surface area contributed by atoms with Gasteiger partial charge in [-0.3, -0.25) is 0 Å². The predicted octanol–water partition coefficient (Wildman–Crippen LogP) is 4.07. The van der Waals surface area contributed by atoms with Crippen LogP contribution in [0.5, 0.6) is 5.75 Å². The first-order valence-corrected chi connectivity index (χ1v) is 5.58. The fourth-order valence-electron chi connectivity index (χ4n) is 1.30. The number of benzene rings is 1. The smallest absolute Gasteiger partial charge is 0.131 e. The Labute approximate surface area is 92.4 Å². The van der Waals surface area contributed by atoms with E-state index in [1.165, 1.54) is 13.2 Å². The normalized spacial score (nSPS) is 12.6. The van der Waals surface area contributed by atoms with E-state index in [0.29, 0.717) is 11.3 Å². The molecule has 3 heteroatoms. The van der Waals surface area contributed by atoms with Crippen molar-refractivity contribution in [3.8, 4) is 5.75 Å². The van der Waals surface area contributed by atoms with Crippen LogP contribution >= 0.6 is 15.9 Å². The van der Waals surface area contributed by atoms with Crippen molar-refractivity contribution in [2.75, 3.05) is 7.11 Å². The summed E-state index contributed by atoms with van der Waals surface area (Å²) < 4.78 is 18.4. The first kappa shape index (κ1) is 11.5. The van der Waals surface area contributed by atoms with Crippen molar-refractivity contribution in [3.63, 3.8) is 0 Å². The minimum Gasteiger partial charge on any atom is -0.497 e.